The third-order valence-corrected chi connectivity index (χ3v) is 4.76. The van der Waals surface area contributed by atoms with E-state index in [-0.39, 0.29) is 5.91 Å². The third kappa shape index (κ3) is 6.39. The average Bonchev–Trinajstić information content (AvgIpc) is 3.27. The van der Waals surface area contributed by atoms with E-state index in [2.05, 4.69) is 22.3 Å². The van der Waals surface area contributed by atoms with E-state index < -0.39 is 0 Å². The molecule has 1 aromatic heterocycles. The number of benzene rings is 2. The standard InChI is InChI=1S/C24H28N2O4/c1-28-22-11-10-19(15-23(22)29-2)12-13-25-24(27)18-26(17-21-9-6-14-30-21)16-20-7-4-3-5-8-20/h3-11,14-15H,12-13,16-18H2,1-2H3,(H,25,27). The van der Waals surface area contributed by atoms with Gasteiger partial charge < -0.3 is 19.2 Å². The number of nitrogens with one attached hydrogen (secondary N) is 1. The van der Waals surface area contributed by atoms with Crippen LogP contribution in [0.5, 0.6) is 11.5 Å². The molecule has 0 aliphatic rings. The molecule has 158 valence electrons. The van der Waals surface area contributed by atoms with Crippen LogP contribution in [-0.4, -0.2) is 38.1 Å². The first-order valence-corrected chi connectivity index (χ1v) is 9.94. The van der Waals surface area contributed by atoms with Crippen molar-refractivity contribution in [3.8, 4) is 11.5 Å². The lowest BCUT2D eigenvalue weighted by atomic mass is 10.1. The molecule has 1 N–H and O–H groups in total. The van der Waals surface area contributed by atoms with Crippen LogP contribution in [0.15, 0.2) is 71.3 Å². The normalized spacial score (nSPS) is 10.8. The summed E-state index contributed by atoms with van der Waals surface area (Å²) in [7, 11) is 3.23. The van der Waals surface area contributed by atoms with Crippen LogP contribution in [-0.2, 0) is 24.3 Å². The van der Waals surface area contributed by atoms with Crippen molar-refractivity contribution in [1.82, 2.24) is 10.2 Å². The molecule has 0 atom stereocenters. The van der Waals surface area contributed by atoms with Crippen molar-refractivity contribution >= 4 is 5.91 Å². The first-order valence-electron chi connectivity index (χ1n) is 9.94. The van der Waals surface area contributed by atoms with Crippen molar-refractivity contribution in [2.75, 3.05) is 27.3 Å². The highest BCUT2D eigenvalue weighted by molar-refractivity contribution is 5.78. The maximum atomic E-state index is 12.6. The molecule has 0 spiro atoms. The molecular weight excluding hydrogens is 380 g/mol. The Hall–Kier alpha value is -3.25. The van der Waals surface area contributed by atoms with E-state index >= 15 is 0 Å². The van der Waals surface area contributed by atoms with E-state index in [1.54, 1.807) is 20.5 Å². The Morgan fingerprint density at radius 2 is 1.73 bits per heavy atom. The highest BCUT2D eigenvalue weighted by Crippen LogP contribution is 2.27. The van der Waals surface area contributed by atoms with Crippen molar-refractivity contribution in [1.29, 1.82) is 0 Å². The molecule has 6 nitrogen and oxygen atoms in total. The van der Waals surface area contributed by atoms with Crippen molar-refractivity contribution in [2.45, 2.75) is 19.5 Å². The smallest absolute Gasteiger partial charge is 0.234 e. The highest BCUT2D eigenvalue weighted by atomic mass is 16.5. The van der Waals surface area contributed by atoms with Crippen LogP contribution in [0.4, 0.5) is 0 Å². The number of carbonyl (C=O) groups excluding carboxylic acids is 1. The summed E-state index contributed by atoms with van der Waals surface area (Å²) < 4.78 is 16.1. The number of rotatable bonds is 11. The van der Waals surface area contributed by atoms with E-state index in [4.69, 9.17) is 13.9 Å². The molecule has 0 unspecified atom stereocenters. The summed E-state index contributed by atoms with van der Waals surface area (Å²) in [4.78, 5) is 14.6. The predicted molar refractivity (Wildman–Crippen MR) is 116 cm³/mol. The number of ether oxygens (including phenoxy) is 2. The number of carbonyl (C=O) groups is 1. The van der Waals surface area contributed by atoms with Crippen LogP contribution in [0.25, 0.3) is 0 Å². The highest BCUT2D eigenvalue weighted by Gasteiger charge is 2.13. The van der Waals surface area contributed by atoms with E-state index in [1.165, 1.54) is 0 Å². The summed E-state index contributed by atoms with van der Waals surface area (Å²) in [5, 5.41) is 3.01. The van der Waals surface area contributed by atoms with Gasteiger partial charge in [0.1, 0.15) is 5.76 Å². The van der Waals surface area contributed by atoms with Crippen LogP contribution in [0.3, 0.4) is 0 Å². The Labute approximate surface area is 177 Å². The number of methoxy groups -OCH3 is 2. The van der Waals surface area contributed by atoms with Crippen LogP contribution in [0.2, 0.25) is 0 Å². The monoisotopic (exact) mass is 408 g/mol. The second-order valence-corrected chi connectivity index (χ2v) is 7.00. The number of hydrogen-bond acceptors (Lipinski definition) is 5. The van der Waals surface area contributed by atoms with Crippen LogP contribution in [0, 0.1) is 0 Å². The van der Waals surface area contributed by atoms with Crippen LogP contribution >= 0.6 is 0 Å². The van der Waals surface area contributed by atoms with Gasteiger partial charge in [-0.25, -0.2) is 0 Å². The van der Waals surface area contributed by atoms with Gasteiger partial charge in [0, 0.05) is 13.1 Å². The number of hydrogen-bond donors (Lipinski definition) is 1. The zero-order valence-corrected chi connectivity index (χ0v) is 17.5. The van der Waals surface area contributed by atoms with Gasteiger partial charge in [0.25, 0.3) is 0 Å². The van der Waals surface area contributed by atoms with E-state index in [0.717, 1.165) is 16.9 Å². The Morgan fingerprint density at radius 1 is 0.933 bits per heavy atom. The first kappa shape index (κ1) is 21.5. The molecule has 6 heteroatoms. The molecule has 0 fully saturated rings. The molecule has 1 heterocycles. The second kappa shape index (κ2) is 11.1. The lowest BCUT2D eigenvalue weighted by Crippen LogP contribution is -2.37. The van der Waals surface area contributed by atoms with Crippen molar-refractivity contribution in [3.05, 3.63) is 83.8 Å². The minimum absolute atomic E-state index is 0.0158. The summed E-state index contributed by atoms with van der Waals surface area (Å²) in [6, 6.07) is 19.7. The molecule has 0 aliphatic heterocycles. The van der Waals surface area contributed by atoms with Crippen molar-refractivity contribution in [2.24, 2.45) is 0 Å². The summed E-state index contributed by atoms with van der Waals surface area (Å²) >= 11 is 0. The predicted octanol–water partition coefficient (Wildman–Crippen LogP) is 3.66. The largest absolute Gasteiger partial charge is 0.493 e. The molecule has 0 radical (unpaired) electrons. The topological polar surface area (TPSA) is 63.9 Å². The van der Waals surface area contributed by atoms with Gasteiger partial charge in [-0.2, -0.15) is 0 Å². The van der Waals surface area contributed by atoms with Gasteiger partial charge in [0.05, 0.1) is 33.6 Å². The molecule has 3 rings (SSSR count). The Kier molecular flexibility index (Phi) is 7.92. The Morgan fingerprint density at radius 3 is 2.43 bits per heavy atom. The second-order valence-electron chi connectivity index (χ2n) is 7.00. The molecule has 3 aromatic rings. The van der Waals surface area contributed by atoms with Crippen LogP contribution < -0.4 is 14.8 Å². The van der Waals surface area contributed by atoms with E-state index in [9.17, 15) is 4.79 Å². The minimum Gasteiger partial charge on any atom is -0.493 e. The quantitative estimate of drug-likeness (QED) is 0.525. The molecule has 30 heavy (non-hydrogen) atoms. The zero-order valence-electron chi connectivity index (χ0n) is 17.5. The molecule has 0 bridgehead atoms. The van der Waals surface area contributed by atoms with Crippen molar-refractivity contribution < 1.29 is 18.7 Å². The fraction of sp³-hybridized carbons (Fsp3) is 0.292. The minimum atomic E-state index is -0.0158. The Balaban J connectivity index is 1.53. The molecule has 0 saturated carbocycles. The summed E-state index contributed by atoms with van der Waals surface area (Å²) in [5.74, 6) is 2.20. The van der Waals surface area contributed by atoms with Gasteiger partial charge in [-0.1, -0.05) is 36.4 Å². The van der Waals surface area contributed by atoms with Gasteiger partial charge in [0.15, 0.2) is 11.5 Å². The molecule has 2 aromatic carbocycles. The first-order chi connectivity index (χ1) is 14.7. The maximum absolute atomic E-state index is 12.6. The number of amides is 1. The van der Waals surface area contributed by atoms with E-state index in [0.29, 0.717) is 44.1 Å². The van der Waals surface area contributed by atoms with Gasteiger partial charge >= 0.3 is 0 Å². The summed E-state index contributed by atoms with van der Waals surface area (Å²) in [5.41, 5.74) is 2.23. The molecular formula is C24H28N2O4. The molecule has 0 saturated heterocycles. The fourth-order valence-corrected chi connectivity index (χ4v) is 3.27. The van der Waals surface area contributed by atoms with Gasteiger partial charge in [0.2, 0.25) is 5.91 Å². The number of nitrogens with zero attached hydrogens (tertiary/aromatic N) is 1. The van der Waals surface area contributed by atoms with Gasteiger partial charge in [-0.05, 0) is 41.8 Å². The zero-order chi connectivity index (χ0) is 21.2. The maximum Gasteiger partial charge on any atom is 0.234 e. The third-order valence-electron chi connectivity index (χ3n) is 4.76. The number of furan rings is 1. The Bertz CT molecular complexity index is 910. The van der Waals surface area contributed by atoms with Gasteiger partial charge in [-0.3, -0.25) is 9.69 Å². The molecule has 0 aliphatic carbocycles. The van der Waals surface area contributed by atoms with Gasteiger partial charge in [-0.15, -0.1) is 0 Å². The van der Waals surface area contributed by atoms with E-state index in [1.807, 2.05) is 48.5 Å². The molecule has 1 amide bonds. The van der Waals surface area contributed by atoms with Crippen LogP contribution in [0.1, 0.15) is 16.9 Å². The lowest BCUT2D eigenvalue weighted by molar-refractivity contribution is -0.122. The summed E-state index contributed by atoms with van der Waals surface area (Å²) in [6.45, 7) is 2.09. The van der Waals surface area contributed by atoms with Crippen molar-refractivity contribution in [3.63, 3.8) is 0 Å². The average molecular weight is 408 g/mol. The fourth-order valence-electron chi connectivity index (χ4n) is 3.27. The summed E-state index contributed by atoms with van der Waals surface area (Å²) in [6.07, 6.45) is 2.36. The SMILES string of the molecule is COc1ccc(CCNC(=O)CN(Cc2ccccc2)Cc2ccco2)cc1OC. The lowest BCUT2D eigenvalue weighted by Gasteiger charge is -2.21.